The highest BCUT2D eigenvalue weighted by Crippen LogP contribution is 2.68. The summed E-state index contributed by atoms with van der Waals surface area (Å²) in [5.41, 5.74) is 2.30. The molecule has 0 radical (unpaired) electrons. The van der Waals surface area contributed by atoms with Gasteiger partial charge in [0.2, 0.25) is 5.91 Å². The van der Waals surface area contributed by atoms with Crippen LogP contribution in [0.25, 0.3) is 5.57 Å². The topological polar surface area (TPSA) is 51.2 Å². The zero-order chi connectivity index (χ0) is 15.3. The number of hydrogen-bond donors (Lipinski definition) is 1. The van der Waals surface area contributed by atoms with Crippen molar-refractivity contribution in [2.24, 2.45) is 16.7 Å². The van der Waals surface area contributed by atoms with Gasteiger partial charge in [-0.2, -0.15) is 0 Å². The Morgan fingerprint density at radius 3 is 2.48 bits per heavy atom. The second kappa shape index (κ2) is 4.58. The van der Waals surface area contributed by atoms with Crippen molar-refractivity contribution >= 4 is 17.3 Å². The van der Waals surface area contributed by atoms with Crippen LogP contribution in [-0.4, -0.2) is 17.5 Å². The molecular weight excluding hydrogens is 264 g/mol. The number of nitrogens with zero attached hydrogens (tertiary/aromatic N) is 1. The Kier molecular flexibility index (Phi) is 3.08. The molecule has 112 valence electrons. The van der Waals surface area contributed by atoms with E-state index in [2.05, 4.69) is 38.0 Å². The molecule has 1 N–H and O–H groups in total. The fraction of sp³-hybridized carbons (Fsp3) is 0.529. The molecule has 4 nitrogen and oxygen atoms in total. The van der Waals surface area contributed by atoms with E-state index in [9.17, 15) is 4.79 Å². The predicted molar refractivity (Wildman–Crippen MR) is 82.5 cm³/mol. The maximum absolute atomic E-state index is 12.4. The van der Waals surface area contributed by atoms with Crippen LogP contribution in [0, 0.1) is 16.7 Å². The van der Waals surface area contributed by atoms with Gasteiger partial charge in [0.05, 0.1) is 12.9 Å². The molecule has 0 spiro atoms. The molecule has 0 unspecified atom stereocenters. The van der Waals surface area contributed by atoms with Crippen LogP contribution >= 0.6 is 0 Å². The van der Waals surface area contributed by atoms with Crippen molar-refractivity contribution in [1.82, 2.24) is 4.98 Å². The van der Waals surface area contributed by atoms with Crippen LogP contribution in [0.2, 0.25) is 0 Å². The van der Waals surface area contributed by atoms with Gasteiger partial charge in [-0.3, -0.25) is 4.79 Å². The highest BCUT2D eigenvalue weighted by Gasteiger charge is 2.68. The largest absolute Gasteiger partial charge is 0.501 e. The number of ether oxygens (including phenoxy) is 1. The van der Waals surface area contributed by atoms with E-state index in [0.29, 0.717) is 5.82 Å². The van der Waals surface area contributed by atoms with Gasteiger partial charge < -0.3 is 10.1 Å². The van der Waals surface area contributed by atoms with Gasteiger partial charge >= 0.3 is 0 Å². The number of rotatable bonds is 3. The van der Waals surface area contributed by atoms with Crippen molar-refractivity contribution in [3.8, 4) is 0 Å². The minimum absolute atomic E-state index is 0.0393. The normalized spacial score (nSPS) is 22.4. The molecule has 4 heteroatoms. The summed E-state index contributed by atoms with van der Waals surface area (Å²) in [5.74, 6) is 0.716. The van der Waals surface area contributed by atoms with Crippen molar-refractivity contribution in [2.75, 3.05) is 11.9 Å². The first-order valence-electron chi connectivity index (χ1n) is 7.42. The van der Waals surface area contributed by atoms with Crippen LogP contribution in [0.4, 0.5) is 5.82 Å². The molecule has 0 bridgehead atoms. The number of pyridine rings is 1. The Bertz CT molecular complexity index is 586. The van der Waals surface area contributed by atoms with Crippen LogP contribution in [0.1, 0.15) is 39.7 Å². The standard InChI is InChI=1S/C17H22N2O2/c1-16(2)14(17(16,3)4)15(20)19-13-6-5-11(9-18-13)12-7-8-21-10-12/h5-6,9-10,14H,7-8H2,1-4H3,(H,18,19,20). The van der Waals surface area contributed by atoms with E-state index in [0.717, 1.165) is 24.2 Å². The Hall–Kier alpha value is -1.84. The molecule has 21 heavy (non-hydrogen) atoms. The number of nitrogens with one attached hydrogen (secondary N) is 1. The fourth-order valence-electron chi connectivity index (χ4n) is 3.31. The molecule has 1 aromatic rings. The van der Waals surface area contributed by atoms with Gasteiger partial charge in [0.15, 0.2) is 0 Å². The summed E-state index contributed by atoms with van der Waals surface area (Å²) < 4.78 is 5.23. The highest BCUT2D eigenvalue weighted by molar-refractivity contribution is 5.95. The van der Waals surface area contributed by atoms with Gasteiger partial charge in [0, 0.05) is 18.5 Å². The van der Waals surface area contributed by atoms with Crippen molar-refractivity contribution < 1.29 is 9.53 Å². The summed E-state index contributed by atoms with van der Waals surface area (Å²) in [7, 11) is 0. The molecule has 1 aliphatic heterocycles. The smallest absolute Gasteiger partial charge is 0.229 e. The third kappa shape index (κ3) is 2.23. The van der Waals surface area contributed by atoms with Gasteiger partial charge in [0.1, 0.15) is 5.82 Å². The molecule has 1 amide bonds. The second-order valence-electron chi connectivity index (χ2n) is 7.06. The summed E-state index contributed by atoms with van der Waals surface area (Å²) in [6, 6.07) is 3.83. The van der Waals surface area contributed by atoms with E-state index in [1.165, 1.54) is 0 Å². The first-order chi connectivity index (χ1) is 9.84. The lowest BCUT2D eigenvalue weighted by Gasteiger charge is -2.07. The fourth-order valence-corrected chi connectivity index (χ4v) is 3.31. The van der Waals surface area contributed by atoms with Gasteiger partial charge in [-0.05, 0) is 34.1 Å². The zero-order valence-corrected chi connectivity index (χ0v) is 13.1. The average molecular weight is 286 g/mol. The second-order valence-corrected chi connectivity index (χ2v) is 7.06. The summed E-state index contributed by atoms with van der Waals surface area (Å²) in [5, 5.41) is 2.93. The number of anilines is 1. The Morgan fingerprint density at radius 1 is 1.29 bits per heavy atom. The lowest BCUT2D eigenvalue weighted by atomic mass is 10.0. The minimum atomic E-state index is 0.0393. The van der Waals surface area contributed by atoms with E-state index in [4.69, 9.17) is 4.74 Å². The molecule has 1 fully saturated rings. The van der Waals surface area contributed by atoms with Gasteiger partial charge in [-0.15, -0.1) is 0 Å². The number of carbonyl (C=O) groups excluding carboxylic acids is 1. The average Bonchev–Trinajstić information content (AvgIpc) is 2.80. The first kappa shape index (κ1) is 14.1. The van der Waals surface area contributed by atoms with Gasteiger partial charge in [-0.1, -0.05) is 27.7 Å². The predicted octanol–water partition coefficient (Wildman–Crippen LogP) is 3.46. The molecule has 0 atom stereocenters. The molecule has 2 aliphatic rings. The van der Waals surface area contributed by atoms with Crippen molar-refractivity contribution in [3.63, 3.8) is 0 Å². The monoisotopic (exact) mass is 286 g/mol. The van der Waals surface area contributed by atoms with E-state index < -0.39 is 0 Å². The molecule has 0 aromatic carbocycles. The van der Waals surface area contributed by atoms with Crippen LogP contribution in [0.15, 0.2) is 24.6 Å². The first-order valence-corrected chi connectivity index (χ1v) is 7.42. The zero-order valence-electron chi connectivity index (χ0n) is 13.1. The third-order valence-corrected chi connectivity index (χ3v) is 5.38. The molecule has 1 aliphatic carbocycles. The van der Waals surface area contributed by atoms with Crippen LogP contribution in [0.5, 0.6) is 0 Å². The maximum Gasteiger partial charge on any atom is 0.229 e. The lowest BCUT2D eigenvalue weighted by molar-refractivity contribution is -0.118. The van der Waals surface area contributed by atoms with Crippen LogP contribution in [-0.2, 0) is 9.53 Å². The maximum atomic E-state index is 12.4. The van der Waals surface area contributed by atoms with Gasteiger partial charge in [-0.25, -0.2) is 4.98 Å². The summed E-state index contributed by atoms with van der Waals surface area (Å²) >= 11 is 0. The highest BCUT2D eigenvalue weighted by atomic mass is 16.5. The van der Waals surface area contributed by atoms with E-state index in [-0.39, 0.29) is 22.7 Å². The summed E-state index contributed by atoms with van der Waals surface area (Å²) in [6.45, 7) is 9.29. The Morgan fingerprint density at radius 2 is 2.00 bits per heavy atom. The Balaban J connectivity index is 1.68. The lowest BCUT2D eigenvalue weighted by Crippen LogP contribution is -2.18. The SMILES string of the molecule is CC1(C)C(C(=O)Nc2ccc(C3=COCC3)cn2)C1(C)C. The Labute approximate surface area is 125 Å². The van der Waals surface area contributed by atoms with Crippen molar-refractivity contribution in [3.05, 3.63) is 30.2 Å². The minimum Gasteiger partial charge on any atom is -0.501 e. The van der Waals surface area contributed by atoms with E-state index in [1.807, 2.05) is 12.1 Å². The van der Waals surface area contributed by atoms with Gasteiger partial charge in [0.25, 0.3) is 0 Å². The molecule has 0 saturated heterocycles. The van der Waals surface area contributed by atoms with Crippen LogP contribution in [0.3, 0.4) is 0 Å². The quantitative estimate of drug-likeness (QED) is 0.925. The summed E-state index contributed by atoms with van der Waals surface area (Å²) in [4.78, 5) is 16.7. The molecular formula is C17H22N2O2. The van der Waals surface area contributed by atoms with Crippen molar-refractivity contribution in [1.29, 1.82) is 0 Å². The van der Waals surface area contributed by atoms with Crippen LogP contribution < -0.4 is 5.32 Å². The number of aromatic nitrogens is 1. The third-order valence-electron chi connectivity index (χ3n) is 5.38. The summed E-state index contributed by atoms with van der Waals surface area (Å²) in [6.07, 6.45) is 4.49. The van der Waals surface area contributed by atoms with E-state index >= 15 is 0 Å². The molecule has 1 aromatic heterocycles. The number of carbonyl (C=O) groups is 1. The molecule has 2 heterocycles. The molecule has 3 rings (SSSR count). The number of amides is 1. The van der Waals surface area contributed by atoms with Crippen molar-refractivity contribution in [2.45, 2.75) is 34.1 Å². The molecule has 1 saturated carbocycles. The number of hydrogen-bond acceptors (Lipinski definition) is 3. The van der Waals surface area contributed by atoms with E-state index in [1.54, 1.807) is 12.5 Å².